The van der Waals surface area contributed by atoms with Gasteiger partial charge in [-0.2, -0.15) is 0 Å². The molecule has 9 nitrogen and oxygen atoms in total. The van der Waals surface area contributed by atoms with Crippen LogP contribution in [-0.4, -0.2) is 49.3 Å². The third-order valence-electron chi connectivity index (χ3n) is 7.64. The van der Waals surface area contributed by atoms with Crippen LogP contribution in [0.1, 0.15) is 129 Å². The van der Waals surface area contributed by atoms with E-state index in [9.17, 15) is 19.0 Å². The summed E-state index contributed by atoms with van der Waals surface area (Å²) in [6.45, 7) is 3.42. The van der Waals surface area contributed by atoms with Gasteiger partial charge in [0.05, 0.1) is 13.2 Å². The summed E-state index contributed by atoms with van der Waals surface area (Å²) in [5, 5.41) is 0. The maximum atomic E-state index is 12.5. The topological polar surface area (TPSA) is 134 Å². The number of carbonyl (C=O) groups excluding carboxylic acids is 2. The summed E-state index contributed by atoms with van der Waals surface area (Å²) >= 11 is 0. The minimum absolute atomic E-state index is 0.0308. The molecule has 0 amide bonds. The quantitative estimate of drug-likeness (QED) is 0.0275. The number of ether oxygens (including phenoxy) is 2. The molecular weight excluding hydrogens is 713 g/mol. The van der Waals surface area contributed by atoms with Crippen molar-refractivity contribution >= 4 is 19.8 Å². The largest absolute Gasteiger partial charge is 0.472 e. The predicted molar refractivity (Wildman–Crippen MR) is 228 cm³/mol. The summed E-state index contributed by atoms with van der Waals surface area (Å²) in [5.74, 6) is -0.977. The van der Waals surface area contributed by atoms with E-state index in [0.29, 0.717) is 19.3 Å². The Morgan fingerprint density at radius 1 is 0.564 bits per heavy atom. The SMILES string of the molecule is CC/C=C/C/C=C/C/C=C/C/C=C/C/C=C/CCCC(=O)OC[C@H](COP(=O)(O)OCCN)OC(=O)CCC/C=C/C/C=C/C/C=C/C/C=C/CCCCC. The monoisotopic (exact) mass is 785 g/mol. The molecule has 0 spiro atoms. The Bertz CT molecular complexity index is 1260. The van der Waals surface area contributed by atoms with Crippen LogP contribution < -0.4 is 5.73 Å². The van der Waals surface area contributed by atoms with Crippen molar-refractivity contribution in [2.45, 2.75) is 136 Å². The predicted octanol–water partition coefficient (Wildman–Crippen LogP) is 11.6. The van der Waals surface area contributed by atoms with E-state index in [4.69, 9.17) is 24.3 Å². The fourth-order valence-electron chi connectivity index (χ4n) is 4.66. The molecule has 0 aliphatic carbocycles. The van der Waals surface area contributed by atoms with Gasteiger partial charge < -0.3 is 20.1 Å². The van der Waals surface area contributed by atoms with Gasteiger partial charge in [-0.1, -0.05) is 136 Å². The van der Waals surface area contributed by atoms with Crippen molar-refractivity contribution in [2.75, 3.05) is 26.4 Å². The van der Waals surface area contributed by atoms with Crippen molar-refractivity contribution < 1.29 is 37.6 Å². The van der Waals surface area contributed by atoms with E-state index < -0.39 is 32.5 Å². The van der Waals surface area contributed by atoms with Crippen LogP contribution in [0.15, 0.2) is 109 Å². The molecule has 0 aromatic rings. The summed E-state index contributed by atoms with van der Waals surface area (Å²) in [6, 6.07) is 0. The van der Waals surface area contributed by atoms with Gasteiger partial charge in [0, 0.05) is 19.4 Å². The molecule has 0 rings (SSSR count). The number of allylic oxidation sites excluding steroid dienone is 18. The zero-order valence-corrected chi connectivity index (χ0v) is 34.7. The van der Waals surface area contributed by atoms with Crippen LogP contribution in [0.5, 0.6) is 0 Å². The molecule has 3 N–H and O–H groups in total. The second-order valence-electron chi connectivity index (χ2n) is 12.8. The first-order valence-corrected chi connectivity index (χ1v) is 21.9. The molecule has 1 unspecified atom stereocenters. The minimum Gasteiger partial charge on any atom is -0.462 e. The van der Waals surface area contributed by atoms with Crippen molar-refractivity contribution in [1.82, 2.24) is 0 Å². The second-order valence-corrected chi connectivity index (χ2v) is 14.2. The van der Waals surface area contributed by atoms with Crippen LogP contribution in [-0.2, 0) is 32.7 Å². The lowest BCUT2D eigenvalue weighted by Gasteiger charge is -2.19. The normalized spacial score (nSPS) is 14.5. The van der Waals surface area contributed by atoms with E-state index in [2.05, 4.69) is 111 Å². The highest BCUT2D eigenvalue weighted by atomic mass is 31.2. The number of carbonyl (C=O) groups is 2. The maximum absolute atomic E-state index is 12.5. The third kappa shape index (κ3) is 40.2. The molecule has 0 fully saturated rings. The number of phosphoric acid groups is 1. The molecule has 0 aromatic carbocycles. The van der Waals surface area contributed by atoms with Crippen LogP contribution in [0.25, 0.3) is 0 Å². The van der Waals surface area contributed by atoms with Crippen LogP contribution in [0.2, 0.25) is 0 Å². The molecule has 0 saturated heterocycles. The summed E-state index contributed by atoms with van der Waals surface area (Å²) < 4.78 is 32.6. The highest BCUT2D eigenvalue weighted by molar-refractivity contribution is 7.47. The van der Waals surface area contributed by atoms with Gasteiger partial charge in [0.1, 0.15) is 6.61 Å². The van der Waals surface area contributed by atoms with Gasteiger partial charge in [0.15, 0.2) is 6.10 Å². The van der Waals surface area contributed by atoms with Gasteiger partial charge in [0.2, 0.25) is 0 Å². The van der Waals surface area contributed by atoms with E-state index in [1.165, 1.54) is 19.3 Å². The summed E-state index contributed by atoms with van der Waals surface area (Å²) in [6.07, 6.45) is 52.8. The average Bonchev–Trinajstić information content (AvgIpc) is 3.17. The molecule has 0 radical (unpaired) electrons. The van der Waals surface area contributed by atoms with E-state index >= 15 is 0 Å². The van der Waals surface area contributed by atoms with Gasteiger partial charge >= 0.3 is 19.8 Å². The highest BCUT2D eigenvalue weighted by Crippen LogP contribution is 2.43. The van der Waals surface area contributed by atoms with E-state index in [1.807, 2.05) is 12.2 Å². The molecule has 10 heteroatoms. The lowest BCUT2D eigenvalue weighted by Crippen LogP contribution is -2.29. The molecule has 0 saturated carbocycles. The van der Waals surface area contributed by atoms with Crippen LogP contribution in [0.4, 0.5) is 0 Å². The number of hydrogen-bond acceptors (Lipinski definition) is 8. The molecule has 2 atom stereocenters. The molecule has 0 heterocycles. The Balaban J connectivity index is 4.42. The van der Waals surface area contributed by atoms with Crippen molar-refractivity contribution in [3.8, 4) is 0 Å². The number of unbranched alkanes of at least 4 members (excludes halogenated alkanes) is 5. The number of nitrogens with two attached hydrogens (primary N) is 1. The fourth-order valence-corrected chi connectivity index (χ4v) is 5.43. The maximum Gasteiger partial charge on any atom is 0.472 e. The molecule has 0 aliphatic heterocycles. The number of phosphoric ester groups is 1. The third-order valence-corrected chi connectivity index (χ3v) is 8.63. The van der Waals surface area contributed by atoms with Crippen molar-refractivity contribution in [2.24, 2.45) is 5.73 Å². The van der Waals surface area contributed by atoms with Gasteiger partial charge in [-0.3, -0.25) is 18.6 Å². The Morgan fingerprint density at radius 2 is 0.982 bits per heavy atom. The second kappa shape index (κ2) is 40.3. The zero-order chi connectivity index (χ0) is 40.3. The smallest absolute Gasteiger partial charge is 0.462 e. The number of rotatable bonds is 36. The molecule has 0 aliphatic rings. The van der Waals surface area contributed by atoms with Crippen LogP contribution >= 0.6 is 7.82 Å². The fraction of sp³-hybridized carbons (Fsp3) is 0.556. The lowest BCUT2D eigenvalue weighted by molar-refractivity contribution is -0.161. The van der Waals surface area contributed by atoms with Gasteiger partial charge in [-0.15, -0.1) is 0 Å². The van der Waals surface area contributed by atoms with Crippen molar-refractivity contribution in [3.05, 3.63) is 109 Å². The lowest BCUT2D eigenvalue weighted by atomic mass is 10.2. The number of hydrogen-bond donors (Lipinski definition) is 2. The Labute approximate surface area is 333 Å². The van der Waals surface area contributed by atoms with E-state index in [0.717, 1.165) is 64.2 Å². The summed E-state index contributed by atoms with van der Waals surface area (Å²) in [5.41, 5.74) is 5.33. The van der Waals surface area contributed by atoms with Gasteiger partial charge in [0.25, 0.3) is 0 Å². The average molecular weight is 786 g/mol. The first-order valence-electron chi connectivity index (χ1n) is 20.4. The van der Waals surface area contributed by atoms with E-state index in [-0.39, 0.29) is 32.6 Å². The Kier molecular flexibility index (Phi) is 37.9. The first kappa shape index (κ1) is 51.7. The minimum atomic E-state index is -4.41. The molecule has 55 heavy (non-hydrogen) atoms. The zero-order valence-electron chi connectivity index (χ0n) is 33.9. The van der Waals surface area contributed by atoms with Crippen LogP contribution in [0, 0.1) is 0 Å². The Morgan fingerprint density at radius 3 is 1.42 bits per heavy atom. The van der Waals surface area contributed by atoms with E-state index in [1.54, 1.807) is 0 Å². The first-order chi connectivity index (χ1) is 26.8. The standard InChI is InChI=1S/C45H72NO8P/c1-3-5-7-9-11-13-15-17-19-21-23-25-27-29-31-33-35-37-44(47)51-41-43(42-53-55(49,50)52-40-39-46)54-45(48)38-36-34-32-30-28-26-24-22-20-18-16-14-12-10-8-6-4-2/h5,7,11-14,17-20,23-26,29-32,43H,3-4,6,8-10,15-16,21-22,27-28,33-42,46H2,1-2H3,(H,49,50)/b7-5+,13-11+,14-12+,19-17+,20-18+,25-23+,26-24+,31-29+,32-30+/t43-/m1/s1. The Hall–Kier alpha value is -3.33. The van der Waals surface area contributed by atoms with Gasteiger partial charge in [-0.05, 0) is 89.9 Å². The van der Waals surface area contributed by atoms with Crippen molar-refractivity contribution in [3.63, 3.8) is 0 Å². The molecule has 0 aromatic heterocycles. The molecule has 310 valence electrons. The van der Waals surface area contributed by atoms with Crippen molar-refractivity contribution in [1.29, 1.82) is 0 Å². The summed E-state index contributed by atoms with van der Waals surface area (Å²) in [4.78, 5) is 34.8. The molecular formula is C45H72NO8P. The number of esters is 2. The van der Waals surface area contributed by atoms with Gasteiger partial charge in [-0.25, -0.2) is 4.57 Å². The highest BCUT2D eigenvalue weighted by Gasteiger charge is 2.25. The van der Waals surface area contributed by atoms with Crippen LogP contribution in [0.3, 0.4) is 0 Å². The molecule has 0 bridgehead atoms. The summed E-state index contributed by atoms with van der Waals surface area (Å²) in [7, 11) is -4.41.